The molecule has 4 aromatic rings. The number of nitrogens with one attached hydrogen (secondary N) is 2. The normalized spacial score (nSPS) is 13.9. The number of ether oxygens (including phenoxy) is 1. The Kier molecular flexibility index (Phi) is 7.97. The van der Waals surface area contributed by atoms with Gasteiger partial charge in [0.1, 0.15) is 12.3 Å². The number of hydrogen-bond acceptors (Lipinski definition) is 9. The van der Waals surface area contributed by atoms with Crippen LogP contribution in [-0.4, -0.2) is 43.6 Å². The van der Waals surface area contributed by atoms with Crippen molar-refractivity contribution < 1.29 is 23.9 Å². The first-order valence-corrected chi connectivity index (χ1v) is 12.9. The van der Waals surface area contributed by atoms with Crippen LogP contribution in [0.15, 0.2) is 106 Å². The molecule has 0 saturated carbocycles. The van der Waals surface area contributed by atoms with Gasteiger partial charge in [0.2, 0.25) is 0 Å². The summed E-state index contributed by atoms with van der Waals surface area (Å²) in [5.74, 6) is -1.44. The van der Waals surface area contributed by atoms with Gasteiger partial charge in [0, 0.05) is 11.6 Å². The van der Waals surface area contributed by atoms with Crippen LogP contribution >= 0.6 is 11.8 Å². The van der Waals surface area contributed by atoms with Crippen LogP contribution in [0.4, 0.5) is 4.79 Å². The molecule has 0 atom stereocenters. The number of aromatic nitrogens is 3. The van der Waals surface area contributed by atoms with Gasteiger partial charge < -0.3 is 4.74 Å². The summed E-state index contributed by atoms with van der Waals surface area (Å²) in [5.41, 5.74) is 3.81. The monoisotopic (exact) mass is 568 g/mol. The molecule has 1 aromatic heterocycles. The van der Waals surface area contributed by atoms with Gasteiger partial charge in [-0.1, -0.05) is 48.5 Å². The lowest BCUT2D eigenvalue weighted by atomic mass is 10.2. The molecular weight excluding hydrogens is 548 g/mol. The molecule has 12 nitrogen and oxygen atoms in total. The highest BCUT2D eigenvalue weighted by atomic mass is 32.2. The van der Waals surface area contributed by atoms with Gasteiger partial charge in [0.25, 0.3) is 17.1 Å². The van der Waals surface area contributed by atoms with E-state index in [-0.39, 0.29) is 17.2 Å². The molecular formula is C28H20N6O6S. The summed E-state index contributed by atoms with van der Waals surface area (Å²) in [6.07, 6.45) is 2.31. The molecule has 0 bridgehead atoms. The Hall–Kier alpha value is -5.56. The van der Waals surface area contributed by atoms with E-state index >= 15 is 0 Å². The van der Waals surface area contributed by atoms with Crippen molar-refractivity contribution in [2.45, 2.75) is 6.54 Å². The van der Waals surface area contributed by atoms with E-state index in [1.807, 2.05) is 53.8 Å². The first-order chi connectivity index (χ1) is 19.9. The Balaban J connectivity index is 1.22. The minimum atomic E-state index is -0.814. The Morgan fingerprint density at radius 2 is 1.63 bits per heavy atom. The minimum Gasteiger partial charge on any atom is -0.423 e. The third kappa shape index (κ3) is 6.54. The third-order valence-corrected chi connectivity index (χ3v) is 6.38. The zero-order chi connectivity index (χ0) is 28.8. The second kappa shape index (κ2) is 12.1. The summed E-state index contributed by atoms with van der Waals surface area (Å²) >= 11 is 0.612. The van der Waals surface area contributed by atoms with Crippen LogP contribution in [0, 0.1) is 0 Å². The number of hydrazone groups is 1. The van der Waals surface area contributed by atoms with Crippen molar-refractivity contribution in [1.82, 2.24) is 25.1 Å². The van der Waals surface area contributed by atoms with Gasteiger partial charge >= 0.3 is 11.7 Å². The predicted molar refractivity (Wildman–Crippen MR) is 150 cm³/mol. The second-order valence-corrected chi connectivity index (χ2v) is 9.45. The highest BCUT2D eigenvalue weighted by Crippen LogP contribution is 2.23. The molecule has 1 aliphatic rings. The van der Waals surface area contributed by atoms with Gasteiger partial charge in [-0.05, 0) is 53.7 Å². The maximum atomic E-state index is 13.2. The topological polar surface area (TPSA) is 154 Å². The summed E-state index contributed by atoms with van der Waals surface area (Å²) in [4.78, 5) is 60.4. The van der Waals surface area contributed by atoms with Crippen molar-refractivity contribution >= 4 is 41.0 Å². The van der Waals surface area contributed by atoms with Gasteiger partial charge in [-0.25, -0.2) is 24.3 Å². The molecule has 2 N–H and O–H groups in total. The third-order valence-electron chi connectivity index (χ3n) is 5.57. The molecule has 1 fully saturated rings. The standard InChI is InChI=1S/C28H20N6O6S/c35-23(17-33-28(39)34(20-9-5-2-6-10-20)25(32-33)19-7-3-1-4-8-19)31-29-16-18-11-13-21(14-12-18)40-24(36)15-22-26(37)30-27(38)41-22/h1-16H,17H2,(H,31,35)(H,30,37,38)/b22-15-,29-16+. The first-order valence-electron chi connectivity index (χ1n) is 12.1. The number of thioether (sulfide) groups is 1. The number of hydrogen-bond donors (Lipinski definition) is 2. The van der Waals surface area contributed by atoms with Crippen LogP contribution < -0.4 is 21.2 Å². The van der Waals surface area contributed by atoms with Crippen LogP contribution in [0.5, 0.6) is 5.75 Å². The van der Waals surface area contributed by atoms with Crippen LogP contribution in [0.2, 0.25) is 0 Å². The van der Waals surface area contributed by atoms with E-state index in [0.29, 0.717) is 28.8 Å². The molecule has 13 heteroatoms. The summed E-state index contributed by atoms with van der Waals surface area (Å²) < 4.78 is 7.65. The fourth-order valence-corrected chi connectivity index (χ4v) is 4.38. The quantitative estimate of drug-likeness (QED) is 0.108. The average Bonchev–Trinajstić information content (AvgIpc) is 3.47. The van der Waals surface area contributed by atoms with Gasteiger partial charge in [0.15, 0.2) is 5.82 Å². The molecule has 3 aromatic carbocycles. The first kappa shape index (κ1) is 27.0. The van der Waals surface area contributed by atoms with Gasteiger partial charge in [-0.15, -0.1) is 5.10 Å². The average molecular weight is 569 g/mol. The van der Waals surface area contributed by atoms with Crippen molar-refractivity contribution in [2.75, 3.05) is 0 Å². The predicted octanol–water partition coefficient (Wildman–Crippen LogP) is 2.62. The second-order valence-electron chi connectivity index (χ2n) is 8.44. The highest BCUT2D eigenvalue weighted by Gasteiger charge is 2.26. The number of amides is 3. The smallest absolute Gasteiger partial charge is 0.351 e. The lowest BCUT2D eigenvalue weighted by Crippen LogP contribution is -2.31. The maximum Gasteiger partial charge on any atom is 0.351 e. The molecule has 1 saturated heterocycles. The number of benzene rings is 3. The molecule has 5 rings (SSSR count). The van der Waals surface area contributed by atoms with Crippen molar-refractivity contribution in [1.29, 1.82) is 0 Å². The number of carbonyl (C=O) groups excluding carboxylic acids is 4. The van der Waals surface area contributed by atoms with Crippen molar-refractivity contribution in [3.8, 4) is 22.8 Å². The fourth-order valence-electron chi connectivity index (χ4n) is 3.74. The number of rotatable bonds is 8. The molecule has 41 heavy (non-hydrogen) atoms. The molecule has 204 valence electrons. The summed E-state index contributed by atoms with van der Waals surface area (Å²) in [5, 5.41) is 9.81. The van der Waals surface area contributed by atoms with Crippen molar-refractivity contribution in [2.24, 2.45) is 5.10 Å². The Labute approximate surface area is 236 Å². The number of esters is 1. The summed E-state index contributed by atoms with van der Waals surface area (Å²) in [6, 6.07) is 24.4. The molecule has 0 radical (unpaired) electrons. The van der Waals surface area contributed by atoms with E-state index in [2.05, 4.69) is 15.6 Å². The van der Waals surface area contributed by atoms with Crippen molar-refractivity contribution in [3.05, 3.63) is 112 Å². The Morgan fingerprint density at radius 1 is 0.951 bits per heavy atom. The number of nitrogens with zero attached hydrogens (tertiary/aromatic N) is 4. The lowest BCUT2D eigenvalue weighted by Gasteiger charge is -2.05. The van der Waals surface area contributed by atoms with Crippen molar-refractivity contribution in [3.63, 3.8) is 0 Å². The molecule has 0 aliphatic carbocycles. The van der Waals surface area contributed by atoms with Crippen LogP contribution in [-0.2, 0) is 20.9 Å². The Bertz CT molecular complexity index is 1740. The highest BCUT2D eigenvalue weighted by molar-refractivity contribution is 8.18. The number of imide groups is 1. The zero-order valence-corrected chi connectivity index (χ0v) is 21.9. The van der Waals surface area contributed by atoms with Crippen LogP contribution in [0.3, 0.4) is 0 Å². The van der Waals surface area contributed by atoms with E-state index in [1.54, 1.807) is 24.3 Å². The molecule has 0 spiro atoms. The van der Waals surface area contributed by atoms with E-state index in [0.717, 1.165) is 16.3 Å². The maximum absolute atomic E-state index is 13.2. The van der Waals surface area contributed by atoms with E-state index < -0.39 is 28.7 Å². The lowest BCUT2D eigenvalue weighted by molar-refractivity contribution is -0.129. The van der Waals surface area contributed by atoms with Crippen LogP contribution in [0.1, 0.15) is 5.56 Å². The van der Waals surface area contributed by atoms with E-state index in [1.165, 1.54) is 22.9 Å². The molecule has 1 aliphatic heterocycles. The molecule has 0 unspecified atom stereocenters. The largest absolute Gasteiger partial charge is 0.423 e. The van der Waals surface area contributed by atoms with Gasteiger partial charge in [0.05, 0.1) is 16.8 Å². The summed E-state index contributed by atoms with van der Waals surface area (Å²) in [6.45, 7) is -0.359. The number of para-hydroxylation sites is 1. The number of carbonyl (C=O) groups is 4. The minimum absolute atomic E-state index is 0.0510. The van der Waals surface area contributed by atoms with Crippen LogP contribution in [0.25, 0.3) is 17.1 Å². The Morgan fingerprint density at radius 3 is 2.29 bits per heavy atom. The van der Waals surface area contributed by atoms with Gasteiger partial charge in [-0.3, -0.25) is 19.7 Å². The molecule has 2 heterocycles. The molecule has 3 amide bonds. The summed E-state index contributed by atoms with van der Waals surface area (Å²) in [7, 11) is 0. The van der Waals surface area contributed by atoms with Gasteiger partial charge in [-0.2, -0.15) is 5.10 Å². The van der Waals surface area contributed by atoms with E-state index in [9.17, 15) is 24.0 Å². The fraction of sp³-hybridized carbons (Fsp3) is 0.0357. The zero-order valence-electron chi connectivity index (χ0n) is 21.1. The van der Waals surface area contributed by atoms with E-state index in [4.69, 9.17) is 4.74 Å². The SMILES string of the molecule is O=C(Cn1nc(-c2ccccc2)n(-c2ccccc2)c1=O)N/N=C/c1ccc(OC(=O)/C=C2\SC(=O)NC2=O)cc1.